The molecule has 5 nitrogen and oxygen atoms in total. The van der Waals surface area contributed by atoms with Gasteiger partial charge in [0.1, 0.15) is 11.5 Å². The Morgan fingerprint density at radius 2 is 2.10 bits per heavy atom. The van der Waals surface area contributed by atoms with Crippen molar-refractivity contribution < 1.29 is 14.6 Å². The number of likely N-dealkylation sites (tertiary alicyclic amines) is 1. The first-order chi connectivity index (χ1) is 9.60. The van der Waals surface area contributed by atoms with Crippen LogP contribution < -0.4 is 4.74 Å². The van der Waals surface area contributed by atoms with E-state index in [4.69, 9.17) is 4.74 Å². The summed E-state index contributed by atoms with van der Waals surface area (Å²) in [6, 6.07) is 5.22. The molecule has 0 saturated carbocycles. The molecule has 2 rings (SSSR count). The average Bonchev–Trinajstić information content (AvgIpc) is 2.95. The van der Waals surface area contributed by atoms with Crippen LogP contribution in [0.3, 0.4) is 0 Å². The first kappa shape index (κ1) is 14.7. The molecule has 20 heavy (non-hydrogen) atoms. The molecule has 1 amide bonds. The summed E-state index contributed by atoms with van der Waals surface area (Å²) in [5, 5.41) is 9.91. The molecular formula is C15H22N2O3. The van der Waals surface area contributed by atoms with Crippen LogP contribution in [-0.2, 0) is 11.3 Å². The molecular weight excluding hydrogens is 256 g/mol. The zero-order valence-corrected chi connectivity index (χ0v) is 12.1. The van der Waals surface area contributed by atoms with E-state index in [1.165, 1.54) is 0 Å². The van der Waals surface area contributed by atoms with Gasteiger partial charge in [-0.15, -0.1) is 0 Å². The molecule has 1 heterocycles. The highest BCUT2D eigenvalue weighted by Crippen LogP contribution is 2.24. The third kappa shape index (κ3) is 3.63. The Balaban J connectivity index is 1.90. The van der Waals surface area contributed by atoms with Crippen molar-refractivity contribution in [3.8, 4) is 11.5 Å². The molecule has 0 atom stereocenters. The van der Waals surface area contributed by atoms with Crippen molar-refractivity contribution in [3.05, 3.63) is 23.8 Å². The summed E-state index contributed by atoms with van der Waals surface area (Å²) in [5.74, 6) is 0.991. The minimum absolute atomic E-state index is 0.165. The van der Waals surface area contributed by atoms with Crippen molar-refractivity contribution in [3.63, 3.8) is 0 Å². The fraction of sp³-hybridized carbons (Fsp3) is 0.533. The summed E-state index contributed by atoms with van der Waals surface area (Å²) >= 11 is 0. The number of nitrogens with zero attached hydrogens (tertiary/aromatic N) is 2. The zero-order valence-electron chi connectivity index (χ0n) is 12.1. The van der Waals surface area contributed by atoms with Gasteiger partial charge in [0.25, 0.3) is 0 Å². The van der Waals surface area contributed by atoms with Gasteiger partial charge in [0.05, 0.1) is 13.7 Å². The highest BCUT2D eigenvalue weighted by atomic mass is 16.5. The lowest BCUT2D eigenvalue weighted by Crippen LogP contribution is -2.36. The fourth-order valence-corrected chi connectivity index (χ4v) is 2.45. The van der Waals surface area contributed by atoms with Gasteiger partial charge in [0.15, 0.2) is 0 Å². The normalized spacial score (nSPS) is 14.8. The van der Waals surface area contributed by atoms with Gasteiger partial charge in [-0.2, -0.15) is 0 Å². The average molecular weight is 278 g/mol. The molecule has 0 bridgehead atoms. The molecule has 1 aliphatic rings. The summed E-state index contributed by atoms with van der Waals surface area (Å²) in [4.78, 5) is 15.9. The molecule has 1 N–H and O–H groups in total. The second-order valence-electron chi connectivity index (χ2n) is 5.25. The molecule has 1 fully saturated rings. The number of phenolic OH excluding ortho intramolecular Hbond substituents is 1. The maximum atomic E-state index is 12.0. The van der Waals surface area contributed by atoms with Gasteiger partial charge in [-0.05, 0) is 26.0 Å². The highest BCUT2D eigenvalue weighted by molar-refractivity contribution is 5.78. The predicted molar refractivity (Wildman–Crippen MR) is 76.8 cm³/mol. The van der Waals surface area contributed by atoms with Gasteiger partial charge in [0.2, 0.25) is 5.91 Å². The van der Waals surface area contributed by atoms with Gasteiger partial charge in [-0.1, -0.05) is 6.07 Å². The van der Waals surface area contributed by atoms with Crippen LogP contribution in [0.2, 0.25) is 0 Å². The largest absolute Gasteiger partial charge is 0.507 e. The van der Waals surface area contributed by atoms with Crippen LogP contribution in [0.4, 0.5) is 0 Å². The fourth-order valence-electron chi connectivity index (χ4n) is 2.45. The van der Waals surface area contributed by atoms with E-state index in [9.17, 15) is 9.90 Å². The van der Waals surface area contributed by atoms with Crippen LogP contribution in [0.25, 0.3) is 0 Å². The number of ether oxygens (including phenoxy) is 1. The van der Waals surface area contributed by atoms with Gasteiger partial charge in [0, 0.05) is 31.3 Å². The molecule has 1 saturated heterocycles. The quantitative estimate of drug-likeness (QED) is 0.886. The minimum atomic E-state index is 0.165. The van der Waals surface area contributed by atoms with E-state index in [1.807, 2.05) is 29.0 Å². The number of carbonyl (C=O) groups excluding carboxylic acids is 1. The first-order valence-electron chi connectivity index (χ1n) is 6.92. The van der Waals surface area contributed by atoms with Crippen molar-refractivity contribution in [1.29, 1.82) is 0 Å². The Hall–Kier alpha value is -1.75. The van der Waals surface area contributed by atoms with Crippen molar-refractivity contribution in [1.82, 2.24) is 9.80 Å². The lowest BCUT2D eigenvalue weighted by molar-refractivity contribution is -0.131. The number of phenols is 1. The van der Waals surface area contributed by atoms with E-state index in [0.29, 0.717) is 18.8 Å². The lowest BCUT2D eigenvalue weighted by atomic mass is 10.2. The van der Waals surface area contributed by atoms with Crippen molar-refractivity contribution in [2.24, 2.45) is 0 Å². The van der Waals surface area contributed by atoms with Crippen LogP contribution in [0.5, 0.6) is 11.5 Å². The number of rotatable bonds is 5. The summed E-state index contributed by atoms with van der Waals surface area (Å²) in [6.07, 6.45) is 2.21. The Morgan fingerprint density at radius 3 is 2.70 bits per heavy atom. The van der Waals surface area contributed by atoms with Gasteiger partial charge >= 0.3 is 0 Å². The molecule has 0 unspecified atom stereocenters. The number of aromatic hydroxyl groups is 1. The topological polar surface area (TPSA) is 53.0 Å². The van der Waals surface area contributed by atoms with E-state index in [0.717, 1.165) is 31.5 Å². The van der Waals surface area contributed by atoms with Crippen molar-refractivity contribution in [2.45, 2.75) is 19.4 Å². The number of hydrogen-bond donors (Lipinski definition) is 1. The molecule has 1 aliphatic heterocycles. The minimum Gasteiger partial charge on any atom is -0.507 e. The Labute approximate surface area is 119 Å². The summed E-state index contributed by atoms with van der Waals surface area (Å²) in [7, 11) is 3.45. The van der Waals surface area contributed by atoms with Gasteiger partial charge in [-0.25, -0.2) is 0 Å². The van der Waals surface area contributed by atoms with Gasteiger partial charge in [-0.3, -0.25) is 9.69 Å². The number of amides is 1. The van der Waals surface area contributed by atoms with Crippen LogP contribution in [0.15, 0.2) is 18.2 Å². The van der Waals surface area contributed by atoms with Crippen molar-refractivity contribution in [2.75, 3.05) is 33.8 Å². The summed E-state index contributed by atoms with van der Waals surface area (Å²) < 4.78 is 5.05. The van der Waals surface area contributed by atoms with Gasteiger partial charge < -0.3 is 14.7 Å². The van der Waals surface area contributed by atoms with Crippen LogP contribution >= 0.6 is 0 Å². The number of benzene rings is 1. The standard InChI is InChI=1S/C15H22N2O3/c1-16(11-15(19)17-7-3-4-8-17)10-12-5-6-13(20-2)9-14(12)18/h5-6,9,18H,3-4,7-8,10-11H2,1-2H3. The van der Waals surface area contributed by atoms with Crippen molar-refractivity contribution >= 4 is 5.91 Å². The van der Waals surface area contributed by atoms with E-state index >= 15 is 0 Å². The third-order valence-electron chi connectivity index (χ3n) is 3.60. The number of likely N-dealkylation sites (N-methyl/N-ethyl adjacent to an activating group) is 1. The molecule has 110 valence electrons. The monoisotopic (exact) mass is 278 g/mol. The second-order valence-corrected chi connectivity index (χ2v) is 5.25. The third-order valence-corrected chi connectivity index (χ3v) is 3.60. The number of carbonyl (C=O) groups is 1. The highest BCUT2D eigenvalue weighted by Gasteiger charge is 2.19. The smallest absolute Gasteiger partial charge is 0.236 e. The second kappa shape index (κ2) is 6.61. The Bertz CT molecular complexity index is 470. The maximum absolute atomic E-state index is 12.0. The Morgan fingerprint density at radius 1 is 1.40 bits per heavy atom. The molecule has 0 spiro atoms. The van der Waals surface area contributed by atoms with Crippen LogP contribution in [0.1, 0.15) is 18.4 Å². The molecule has 0 radical (unpaired) electrons. The Kier molecular flexibility index (Phi) is 4.84. The van der Waals surface area contributed by atoms with E-state index in [-0.39, 0.29) is 11.7 Å². The summed E-state index contributed by atoms with van der Waals surface area (Å²) in [5.41, 5.74) is 0.794. The molecule has 1 aromatic carbocycles. The zero-order chi connectivity index (χ0) is 14.5. The first-order valence-corrected chi connectivity index (χ1v) is 6.92. The lowest BCUT2D eigenvalue weighted by Gasteiger charge is -2.21. The van der Waals surface area contributed by atoms with E-state index < -0.39 is 0 Å². The SMILES string of the molecule is COc1ccc(CN(C)CC(=O)N2CCCC2)c(O)c1. The molecule has 0 aliphatic carbocycles. The summed E-state index contributed by atoms with van der Waals surface area (Å²) in [6.45, 7) is 2.67. The maximum Gasteiger partial charge on any atom is 0.236 e. The van der Waals surface area contributed by atoms with Crippen LogP contribution in [-0.4, -0.2) is 54.6 Å². The molecule has 0 aromatic heterocycles. The molecule has 5 heteroatoms. The van der Waals surface area contributed by atoms with E-state index in [1.54, 1.807) is 13.2 Å². The number of methoxy groups -OCH3 is 1. The van der Waals surface area contributed by atoms with E-state index in [2.05, 4.69) is 0 Å². The number of hydrogen-bond acceptors (Lipinski definition) is 4. The molecule has 1 aromatic rings. The van der Waals surface area contributed by atoms with Crippen LogP contribution in [0, 0.1) is 0 Å². The predicted octanol–water partition coefficient (Wildman–Crippen LogP) is 1.45.